The lowest BCUT2D eigenvalue weighted by Gasteiger charge is -2.15. The summed E-state index contributed by atoms with van der Waals surface area (Å²) in [5.74, 6) is 0.557. The first-order valence-corrected chi connectivity index (χ1v) is 8.02. The van der Waals surface area contributed by atoms with Gasteiger partial charge in [-0.2, -0.15) is 0 Å². The predicted octanol–water partition coefficient (Wildman–Crippen LogP) is 3.76. The second-order valence-electron chi connectivity index (χ2n) is 5.82. The van der Waals surface area contributed by atoms with Gasteiger partial charge in [0.05, 0.1) is 0 Å². The van der Waals surface area contributed by atoms with E-state index in [1.54, 1.807) is 0 Å². The minimum absolute atomic E-state index is 0.0549. The van der Waals surface area contributed by atoms with Crippen LogP contribution in [0.5, 0.6) is 0 Å². The van der Waals surface area contributed by atoms with E-state index in [-0.39, 0.29) is 5.92 Å². The van der Waals surface area contributed by atoms with Crippen molar-refractivity contribution in [3.8, 4) is 0 Å². The smallest absolute Gasteiger partial charge is 0.412 e. The number of nitrogens with zero attached hydrogens (tertiary/aromatic N) is 2. The van der Waals surface area contributed by atoms with Crippen molar-refractivity contribution in [3.05, 3.63) is 71.8 Å². The van der Waals surface area contributed by atoms with E-state index in [0.29, 0.717) is 19.0 Å². The van der Waals surface area contributed by atoms with Crippen LogP contribution in [0.2, 0.25) is 0 Å². The zero-order valence-electron chi connectivity index (χ0n) is 13.3. The monoisotopic (exact) mass is 324 g/mol. The fourth-order valence-corrected chi connectivity index (χ4v) is 2.91. The van der Waals surface area contributed by atoms with Crippen LogP contribution in [0, 0.1) is 5.92 Å². The summed E-state index contributed by atoms with van der Waals surface area (Å²) in [5, 5.41) is 13.5. The Labute approximate surface area is 141 Å². The topological polar surface area (TPSA) is 62.1 Å². The third-order valence-corrected chi connectivity index (χ3v) is 4.13. The highest BCUT2D eigenvalue weighted by Gasteiger charge is 2.34. The molecule has 0 spiro atoms. The van der Waals surface area contributed by atoms with Gasteiger partial charge in [-0.3, -0.25) is 4.90 Å². The zero-order chi connectivity index (χ0) is 16.8. The average Bonchev–Trinajstić information content (AvgIpc) is 3.00. The van der Waals surface area contributed by atoms with Gasteiger partial charge in [0.1, 0.15) is 6.61 Å². The van der Waals surface area contributed by atoms with Gasteiger partial charge in [-0.1, -0.05) is 65.8 Å². The maximum atomic E-state index is 11.4. The molecule has 1 unspecified atom stereocenters. The summed E-state index contributed by atoms with van der Waals surface area (Å²) in [6.45, 7) is 0.788. The van der Waals surface area contributed by atoms with Crippen LogP contribution in [0.25, 0.3) is 0 Å². The lowest BCUT2D eigenvalue weighted by Crippen LogP contribution is -2.33. The lowest BCUT2D eigenvalue weighted by atomic mass is 9.98. The summed E-state index contributed by atoms with van der Waals surface area (Å²) in [5.41, 5.74) is 2.17. The number of carbonyl (C=O) groups is 1. The second-order valence-corrected chi connectivity index (χ2v) is 5.82. The molecule has 3 rings (SSSR count). The summed E-state index contributed by atoms with van der Waals surface area (Å²) in [7, 11) is 0. The van der Waals surface area contributed by atoms with Crippen LogP contribution in [0.3, 0.4) is 0 Å². The molecule has 124 valence electrons. The summed E-state index contributed by atoms with van der Waals surface area (Å²) in [6.07, 6.45) is 0.542. The number of likely N-dealkylation sites (tertiary alicyclic amines) is 1. The number of oxime groups is 1. The Hall–Kier alpha value is -2.82. The molecule has 1 amide bonds. The van der Waals surface area contributed by atoms with Crippen molar-refractivity contribution >= 4 is 11.9 Å². The Kier molecular flexibility index (Phi) is 5.11. The molecule has 1 aliphatic rings. The first-order chi connectivity index (χ1) is 11.7. The van der Waals surface area contributed by atoms with Crippen LogP contribution >= 0.6 is 0 Å². The molecule has 2 aromatic rings. The van der Waals surface area contributed by atoms with E-state index in [1.165, 1.54) is 10.5 Å². The highest BCUT2D eigenvalue weighted by atomic mass is 16.6. The minimum atomic E-state index is -0.979. The van der Waals surface area contributed by atoms with Crippen LogP contribution in [0.15, 0.2) is 65.8 Å². The van der Waals surface area contributed by atoms with Crippen molar-refractivity contribution in [1.82, 2.24) is 4.90 Å². The normalized spacial score (nSPS) is 18.8. The van der Waals surface area contributed by atoms with E-state index in [1.807, 2.05) is 60.7 Å². The number of benzene rings is 2. The van der Waals surface area contributed by atoms with E-state index in [9.17, 15) is 9.90 Å². The molecule has 0 saturated carbocycles. The van der Waals surface area contributed by atoms with Crippen molar-refractivity contribution in [3.63, 3.8) is 0 Å². The number of hydrogen-bond donors (Lipinski definition) is 1. The fraction of sp³-hybridized carbons (Fsp3) is 0.263. The van der Waals surface area contributed by atoms with Gasteiger partial charge in [0.25, 0.3) is 0 Å². The highest BCUT2D eigenvalue weighted by molar-refractivity contribution is 5.97. The van der Waals surface area contributed by atoms with Gasteiger partial charge in [0.15, 0.2) is 5.84 Å². The largest absolute Gasteiger partial charge is 0.465 e. The molecular formula is C19H20N2O3. The molecule has 1 atom stereocenters. The van der Waals surface area contributed by atoms with E-state index >= 15 is 0 Å². The molecule has 0 aliphatic carbocycles. The van der Waals surface area contributed by atoms with Gasteiger partial charge in [0, 0.05) is 12.5 Å². The Morgan fingerprint density at radius 3 is 2.33 bits per heavy atom. The maximum absolute atomic E-state index is 11.4. The molecule has 1 fully saturated rings. The van der Waals surface area contributed by atoms with Crippen molar-refractivity contribution in [2.45, 2.75) is 19.4 Å². The van der Waals surface area contributed by atoms with Crippen LogP contribution in [-0.2, 0) is 17.9 Å². The molecule has 24 heavy (non-hydrogen) atoms. The third-order valence-electron chi connectivity index (χ3n) is 4.13. The summed E-state index contributed by atoms with van der Waals surface area (Å²) in [6, 6.07) is 19.7. The average molecular weight is 324 g/mol. The molecule has 0 aromatic heterocycles. The molecule has 0 bridgehead atoms. The first kappa shape index (κ1) is 16.1. The number of amidine groups is 1. The standard InChI is InChI=1S/C19H20N2O3/c22-19(23)21-12-11-17(13-15-7-3-1-4-8-15)18(21)20-24-14-16-9-5-2-6-10-16/h1-10,17H,11-14H2,(H,22,23). The molecule has 1 saturated heterocycles. The van der Waals surface area contributed by atoms with E-state index in [0.717, 1.165) is 18.4 Å². The zero-order valence-corrected chi connectivity index (χ0v) is 13.3. The van der Waals surface area contributed by atoms with Gasteiger partial charge < -0.3 is 9.94 Å². The molecule has 2 aromatic carbocycles. The van der Waals surface area contributed by atoms with Crippen molar-refractivity contribution < 1.29 is 14.7 Å². The van der Waals surface area contributed by atoms with Gasteiger partial charge in [0.2, 0.25) is 0 Å². The SMILES string of the molecule is O=C(O)N1CCC(Cc2ccccc2)C1=NOCc1ccccc1. The number of rotatable bonds is 5. The van der Waals surface area contributed by atoms with E-state index in [4.69, 9.17) is 4.84 Å². The Balaban J connectivity index is 1.71. The van der Waals surface area contributed by atoms with E-state index in [2.05, 4.69) is 5.16 Å². The number of carboxylic acid groups (broad SMARTS) is 1. The molecule has 0 radical (unpaired) electrons. The summed E-state index contributed by atoms with van der Waals surface area (Å²) >= 11 is 0. The van der Waals surface area contributed by atoms with E-state index < -0.39 is 6.09 Å². The highest BCUT2D eigenvalue weighted by Crippen LogP contribution is 2.24. The first-order valence-electron chi connectivity index (χ1n) is 8.02. The Morgan fingerprint density at radius 1 is 1.08 bits per heavy atom. The Bertz CT molecular complexity index is 701. The van der Waals surface area contributed by atoms with Crippen LogP contribution in [-0.4, -0.2) is 28.5 Å². The number of hydrogen-bond acceptors (Lipinski definition) is 3. The van der Waals surface area contributed by atoms with Crippen molar-refractivity contribution in [2.24, 2.45) is 11.1 Å². The second kappa shape index (κ2) is 7.64. The molecular weight excluding hydrogens is 304 g/mol. The molecule has 1 N–H and O–H groups in total. The van der Waals surface area contributed by atoms with Crippen LogP contribution in [0.4, 0.5) is 4.79 Å². The minimum Gasteiger partial charge on any atom is -0.465 e. The number of amides is 1. The van der Waals surface area contributed by atoms with Gasteiger partial charge >= 0.3 is 6.09 Å². The quantitative estimate of drug-likeness (QED) is 0.852. The third kappa shape index (κ3) is 3.93. The summed E-state index contributed by atoms with van der Waals surface area (Å²) in [4.78, 5) is 18.2. The van der Waals surface area contributed by atoms with Crippen molar-refractivity contribution in [1.29, 1.82) is 0 Å². The molecule has 5 nitrogen and oxygen atoms in total. The van der Waals surface area contributed by atoms with Gasteiger partial charge in [-0.15, -0.1) is 0 Å². The lowest BCUT2D eigenvalue weighted by molar-refractivity contribution is 0.123. The predicted molar refractivity (Wildman–Crippen MR) is 91.6 cm³/mol. The maximum Gasteiger partial charge on any atom is 0.412 e. The molecule has 1 aliphatic heterocycles. The molecule has 5 heteroatoms. The summed E-state index contributed by atoms with van der Waals surface area (Å²) < 4.78 is 0. The van der Waals surface area contributed by atoms with Crippen molar-refractivity contribution in [2.75, 3.05) is 6.54 Å². The van der Waals surface area contributed by atoms with Crippen LogP contribution < -0.4 is 0 Å². The Morgan fingerprint density at radius 2 is 1.71 bits per heavy atom. The fourth-order valence-electron chi connectivity index (χ4n) is 2.91. The molecule has 1 heterocycles. The van der Waals surface area contributed by atoms with Gasteiger partial charge in [-0.05, 0) is 24.0 Å². The van der Waals surface area contributed by atoms with Crippen LogP contribution in [0.1, 0.15) is 17.5 Å². The van der Waals surface area contributed by atoms with Gasteiger partial charge in [-0.25, -0.2) is 4.79 Å².